The number of fused-ring (bicyclic) bond motifs is 3. The van der Waals surface area contributed by atoms with Gasteiger partial charge in [-0.05, 0) is 6.07 Å². The standard InChI is InChI=1S/C14H9ClN2O4S/c1-17(14(20)21)13(19)9-10(18)11-8(12(15)16-9)6-4-2-3-5-7(6)22-11/h2-5,18H,1H3,(H,20,21). The molecular formula is C14H9ClN2O4S. The van der Waals surface area contributed by atoms with Gasteiger partial charge >= 0.3 is 6.09 Å². The van der Waals surface area contributed by atoms with Crippen LogP contribution in [-0.4, -0.2) is 39.1 Å². The van der Waals surface area contributed by atoms with E-state index in [1.807, 2.05) is 24.3 Å². The number of carboxylic acid groups (broad SMARTS) is 1. The molecule has 0 radical (unpaired) electrons. The zero-order chi connectivity index (χ0) is 16.0. The average molecular weight is 337 g/mol. The number of aromatic nitrogens is 1. The summed E-state index contributed by atoms with van der Waals surface area (Å²) < 4.78 is 1.29. The number of carbonyl (C=O) groups is 2. The van der Waals surface area contributed by atoms with E-state index in [-0.39, 0.29) is 16.6 Å². The number of halogens is 1. The van der Waals surface area contributed by atoms with Crippen molar-refractivity contribution >= 4 is 55.1 Å². The fourth-order valence-corrected chi connectivity index (χ4v) is 3.61. The van der Waals surface area contributed by atoms with Crippen LogP contribution in [0.1, 0.15) is 10.5 Å². The van der Waals surface area contributed by atoms with Gasteiger partial charge in [0.15, 0.2) is 11.4 Å². The van der Waals surface area contributed by atoms with Gasteiger partial charge in [-0.15, -0.1) is 11.3 Å². The lowest BCUT2D eigenvalue weighted by atomic mass is 10.1. The fourth-order valence-electron chi connectivity index (χ4n) is 2.13. The van der Waals surface area contributed by atoms with Crippen molar-refractivity contribution in [2.75, 3.05) is 7.05 Å². The first-order valence-corrected chi connectivity index (χ1v) is 7.32. The second-order valence-electron chi connectivity index (χ2n) is 4.55. The van der Waals surface area contributed by atoms with Gasteiger partial charge in [-0.1, -0.05) is 29.8 Å². The summed E-state index contributed by atoms with van der Waals surface area (Å²) in [7, 11) is 1.08. The van der Waals surface area contributed by atoms with Gasteiger partial charge in [0, 0.05) is 22.5 Å². The first-order valence-electron chi connectivity index (χ1n) is 6.12. The molecule has 112 valence electrons. The number of nitrogens with zero attached hydrogens (tertiary/aromatic N) is 2. The number of amides is 2. The van der Waals surface area contributed by atoms with Gasteiger partial charge in [0.25, 0.3) is 5.91 Å². The molecule has 2 heterocycles. The van der Waals surface area contributed by atoms with Crippen LogP contribution in [0.15, 0.2) is 24.3 Å². The van der Waals surface area contributed by atoms with E-state index in [0.717, 1.165) is 17.1 Å². The zero-order valence-corrected chi connectivity index (χ0v) is 12.8. The monoisotopic (exact) mass is 336 g/mol. The van der Waals surface area contributed by atoms with Gasteiger partial charge in [0.1, 0.15) is 5.15 Å². The van der Waals surface area contributed by atoms with Crippen molar-refractivity contribution in [3.8, 4) is 5.75 Å². The number of rotatable bonds is 1. The molecule has 0 aliphatic rings. The maximum Gasteiger partial charge on any atom is 0.414 e. The van der Waals surface area contributed by atoms with E-state index in [2.05, 4.69) is 4.98 Å². The Morgan fingerprint density at radius 3 is 2.68 bits per heavy atom. The Balaban J connectivity index is 2.31. The van der Waals surface area contributed by atoms with Gasteiger partial charge < -0.3 is 10.2 Å². The molecule has 3 rings (SSSR count). The molecule has 0 saturated heterocycles. The van der Waals surface area contributed by atoms with E-state index in [1.165, 1.54) is 11.3 Å². The molecule has 0 fully saturated rings. The average Bonchev–Trinajstić information content (AvgIpc) is 2.89. The van der Waals surface area contributed by atoms with Crippen LogP contribution in [0.3, 0.4) is 0 Å². The highest BCUT2D eigenvalue weighted by Gasteiger charge is 2.26. The Labute approximate surface area is 133 Å². The summed E-state index contributed by atoms with van der Waals surface area (Å²) in [4.78, 5) is 27.3. The predicted octanol–water partition coefficient (Wildman–Crippen LogP) is 3.56. The first-order chi connectivity index (χ1) is 10.4. The van der Waals surface area contributed by atoms with Crippen LogP contribution in [0.2, 0.25) is 5.15 Å². The molecule has 0 bridgehead atoms. The molecule has 2 aromatic heterocycles. The van der Waals surface area contributed by atoms with Crippen molar-refractivity contribution in [1.29, 1.82) is 0 Å². The van der Waals surface area contributed by atoms with E-state index in [9.17, 15) is 14.7 Å². The van der Waals surface area contributed by atoms with E-state index in [4.69, 9.17) is 16.7 Å². The topological polar surface area (TPSA) is 90.7 Å². The van der Waals surface area contributed by atoms with Gasteiger partial charge in [-0.3, -0.25) is 4.79 Å². The SMILES string of the molecule is CN(C(=O)O)C(=O)c1nc(Cl)c2c(sc3ccccc32)c1O. The highest BCUT2D eigenvalue weighted by atomic mass is 35.5. The predicted molar refractivity (Wildman–Crippen MR) is 83.9 cm³/mol. The van der Waals surface area contributed by atoms with E-state index in [1.54, 1.807) is 0 Å². The molecule has 8 heteroatoms. The Morgan fingerprint density at radius 1 is 1.32 bits per heavy atom. The number of hydrogen-bond acceptors (Lipinski definition) is 5. The third-order valence-corrected chi connectivity index (χ3v) is 4.70. The minimum atomic E-state index is -1.45. The number of hydrogen-bond donors (Lipinski definition) is 2. The molecule has 0 saturated carbocycles. The largest absolute Gasteiger partial charge is 0.504 e. The molecule has 2 N–H and O–H groups in total. The van der Waals surface area contributed by atoms with E-state index >= 15 is 0 Å². The third kappa shape index (κ3) is 2.06. The van der Waals surface area contributed by atoms with Crippen LogP contribution in [0, 0.1) is 0 Å². The number of aromatic hydroxyl groups is 1. The summed E-state index contributed by atoms with van der Waals surface area (Å²) >= 11 is 7.41. The lowest BCUT2D eigenvalue weighted by Gasteiger charge is -2.12. The summed E-state index contributed by atoms with van der Waals surface area (Å²) in [5.41, 5.74) is -0.381. The molecule has 0 aliphatic carbocycles. The lowest BCUT2D eigenvalue weighted by molar-refractivity contribution is 0.0773. The molecule has 0 unspecified atom stereocenters. The molecule has 3 aromatic rings. The van der Waals surface area contributed by atoms with Crippen LogP contribution < -0.4 is 0 Å². The number of imide groups is 1. The molecule has 1 aromatic carbocycles. The molecule has 0 aliphatic heterocycles. The van der Waals surface area contributed by atoms with Gasteiger partial charge in [0.05, 0.1) is 4.70 Å². The molecule has 2 amide bonds. The van der Waals surface area contributed by atoms with Gasteiger partial charge in [-0.25, -0.2) is 14.7 Å². The Bertz CT molecular complexity index is 937. The first kappa shape index (κ1) is 14.6. The third-order valence-electron chi connectivity index (χ3n) is 3.25. The maximum absolute atomic E-state index is 12.1. The Hall–Kier alpha value is -2.38. The quantitative estimate of drug-likeness (QED) is 0.663. The van der Waals surface area contributed by atoms with Crippen molar-refractivity contribution in [2.24, 2.45) is 0 Å². The molecule has 22 heavy (non-hydrogen) atoms. The van der Waals surface area contributed by atoms with Crippen LogP contribution >= 0.6 is 22.9 Å². The highest BCUT2D eigenvalue weighted by Crippen LogP contribution is 2.43. The second kappa shape index (κ2) is 5.11. The van der Waals surface area contributed by atoms with Crippen LogP contribution in [0.4, 0.5) is 4.79 Å². The van der Waals surface area contributed by atoms with Crippen molar-refractivity contribution in [3.63, 3.8) is 0 Å². The smallest absolute Gasteiger partial charge is 0.414 e. The molecule has 6 nitrogen and oxygen atoms in total. The van der Waals surface area contributed by atoms with E-state index in [0.29, 0.717) is 15.0 Å². The molecule has 0 spiro atoms. The van der Waals surface area contributed by atoms with Crippen LogP contribution in [0.25, 0.3) is 20.2 Å². The van der Waals surface area contributed by atoms with Gasteiger partial charge in [-0.2, -0.15) is 0 Å². The second-order valence-corrected chi connectivity index (χ2v) is 5.96. The number of benzene rings is 1. The van der Waals surface area contributed by atoms with Crippen molar-refractivity contribution in [1.82, 2.24) is 9.88 Å². The summed E-state index contributed by atoms with van der Waals surface area (Å²) in [5.74, 6) is -1.30. The van der Waals surface area contributed by atoms with Crippen molar-refractivity contribution in [2.45, 2.75) is 0 Å². The summed E-state index contributed by atoms with van der Waals surface area (Å²) in [5, 5.41) is 20.6. The minimum absolute atomic E-state index is 0.0485. The number of pyridine rings is 1. The highest BCUT2D eigenvalue weighted by molar-refractivity contribution is 7.26. The van der Waals surface area contributed by atoms with Gasteiger partial charge in [0.2, 0.25) is 0 Å². The van der Waals surface area contributed by atoms with Crippen molar-refractivity contribution < 1.29 is 19.8 Å². The van der Waals surface area contributed by atoms with Crippen LogP contribution in [-0.2, 0) is 0 Å². The zero-order valence-electron chi connectivity index (χ0n) is 11.2. The fraction of sp³-hybridized carbons (Fsp3) is 0.0714. The normalized spacial score (nSPS) is 11.0. The summed E-state index contributed by atoms with van der Waals surface area (Å²) in [6.45, 7) is 0. The lowest BCUT2D eigenvalue weighted by Crippen LogP contribution is -2.32. The Kier molecular flexibility index (Phi) is 3.38. The minimum Gasteiger partial charge on any atom is -0.504 e. The number of thiophene rings is 1. The van der Waals surface area contributed by atoms with Crippen LogP contribution in [0.5, 0.6) is 5.75 Å². The molecule has 0 atom stereocenters. The molecular weight excluding hydrogens is 328 g/mol. The maximum atomic E-state index is 12.1. The van der Waals surface area contributed by atoms with Crippen molar-refractivity contribution in [3.05, 3.63) is 35.1 Å². The summed E-state index contributed by atoms with van der Waals surface area (Å²) in [6, 6.07) is 7.38. The number of carbonyl (C=O) groups excluding carboxylic acids is 1. The van der Waals surface area contributed by atoms with E-state index < -0.39 is 12.0 Å². The summed E-state index contributed by atoms with van der Waals surface area (Å²) in [6.07, 6.45) is -1.45. The Morgan fingerprint density at radius 2 is 2.00 bits per heavy atom.